The van der Waals surface area contributed by atoms with Crippen molar-refractivity contribution >= 4 is 5.91 Å². The SMILES string of the molecule is COc1cccc2c1C(c1ccccc1)N(C(=O)CNC[C@H](C)O)CC2. The number of amides is 1. The molecule has 2 aromatic carbocycles. The van der Waals surface area contributed by atoms with Gasteiger partial charge in [0.05, 0.1) is 25.8 Å². The van der Waals surface area contributed by atoms with Gasteiger partial charge in [0, 0.05) is 18.7 Å². The number of aliphatic hydroxyl groups excluding tert-OH is 1. The number of fused-ring (bicyclic) bond motifs is 1. The van der Waals surface area contributed by atoms with Crippen LogP contribution in [0.15, 0.2) is 48.5 Å². The van der Waals surface area contributed by atoms with Gasteiger partial charge in [-0.1, -0.05) is 42.5 Å². The maximum Gasteiger partial charge on any atom is 0.237 e. The Bertz CT molecular complexity index is 732. The first kappa shape index (κ1) is 18.4. The highest BCUT2D eigenvalue weighted by Crippen LogP contribution is 2.40. The van der Waals surface area contributed by atoms with E-state index in [4.69, 9.17) is 4.74 Å². The molecule has 26 heavy (non-hydrogen) atoms. The second-order valence-electron chi connectivity index (χ2n) is 6.66. The average Bonchev–Trinajstić information content (AvgIpc) is 2.66. The Hall–Kier alpha value is -2.37. The van der Waals surface area contributed by atoms with E-state index in [0.717, 1.165) is 23.3 Å². The van der Waals surface area contributed by atoms with Crippen molar-refractivity contribution in [2.24, 2.45) is 0 Å². The van der Waals surface area contributed by atoms with Crippen LogP contribution in [0, 0.1) is 0 Å². The molecule has 1 aliphatic rings. The summed E-state index contributed by atoms with van der Waals surface area (Å²) in [6.07, 6.45) is 0.327. The van der Waals surface area contributed by atoms with Crippen LogP contribution in [0.1, 0.15) is 29.7 Å². The lowest BCUT2D eigenvalue weighted by Gasteiger charge is -2.38. The standard InChI is InChI=1S/C21H26N2O3/c1-15(24)13-22-14-19(25)23-12-11-16-9-6-10-18(26-2)20(16)21(23)17-7-4-3-5-8-17/h3-10,15,21-22,24H,11-14H2,1-2H3/t15-,21?/m0/s1. The van der Waals surface area contributed by atoms with Crippen LogP contribution in [0.3, 0.4) is 0 Å². The molecule has 5 heteroatoms. The third-order valence-corrected chi connectivity index (χ3v) is 4.74. The van der Waals surface area contributed by atoms with E-state index < -0.39 is 6.10 Å². The Morgan fingerprint density at radius 2 is 2.04 bits per heavy atom. The van der Waals surface area contributed by atoms with E-state index in [-0.39, 0.29) is 18.5 Å². The van der Waals surface area contributed by atoms with Crippen LogP contribution in [0.5, 0.6) is 5.75 Å². The van der Waals surface area contributed by atoms with Crippen molar-refractivity contribution in [3.63, 3.8) is 0 Å². The highest BCUT2D eigenvalue weighted by Gasteiger charge is 2.33. The lowest BCUT2D eigenvalue weighted by atomic mass is 9.87. The fraction of sp³-hybridized carbons (Fsp3) is 0.381. The van der Waals surface area contributed by atoms with Crippen molar-refractivity contribution in [1.82, 2.24) is 10.2 Å². The summed E-state index contributed by atoms with van der Waals surface area (Å²) in [7, 11) is 1.67. The first-order valence-corrected chi connectivity index (χ1v) is 9.00. The maximum absolute atomic E-state index is 12.9. The smallest absolute Gasteiger partial charge is 0.237 e. The molecule has 5 nitrogen and oxygen atoms in total. The van der Waals surface area contributed by atoms with Crippen LogP contribution in [-0.4, -0.2) is 48.8 Å². The van der Waals surface area contributed by atoms with E-state index in [2.05, 4.69) is 23.5 Å². The number of nitrogens with zero attached hydrogens (tertiary/aromatic N) is 1. The third-order valence-electron chi connectivity index (χ3n) is 4.74. The summed E-state index contributed by atoms with van der Waals surface area (Å²) >= 11 is 0. The first-order chi connectivity index (χ1) is 12.6. The predicted octanol–water partition coefficient (Wildman–Crippen LogP) is 2.14. The second-order valence-corrected chi connectivity index (χ2v) is 6.66. The summed E-state index contributed by atoms with van der Waals surface area (Å²) in [5, 5.41) is 12.4. The van der Waals surface area contributed by atoms with Crippen LogP contribution in [0.2, 0.25) is 0 Å². The number of rotatable bonds is 6. The summed E-state index contributed by atoms with van der Waals surface area (Å²) in [6.45, 7) is 2.97. The Morgan fingerprint density at radius 1 is 1.27 bits per heavy atom. The van der Waals surface area contributed by atoms with Crippen molar-refractivity contribution in [3.8, 4) is 5.75 Å². The lowest BCUT2D eigenvalue weighted by Crippen LogP contribution is -2.45. The molecule has 0 fully saturated rings. The summed E-state index contributed by atoms with van der Waals surface area (Å²) in [5.74, 6) is 0.835. The van der Waals surface area contributed by atoms with Crippen molar-refractivity contribution in [1.29, 1.82) is 0 Å². The Balaban J connectivity index is 1.95. The fourth-order valence-electron chi connectivity index (χ4n) is 3.56. The highest BCUT2D eigenvalue weighted by molar-refractivity contribution is 5.80. The van der Waals surface area contributed by atoms with Gasteiger partial charge in [0.1, 0.15) is 5.75 Å². The molecule has 2 N–H and O–H groups in total. The quantitative estimate of drug-likeness (QED) is 0.834. The molecular formula is C21H26N2O3. The van der Waals surface area contributed by atoms with Gasteiger partial charge in [-0.15, -0.1) is 0 Å². The molecule has 3 rings (SSSR count). The predicted molar refractivity (Wildman–Crippen MR) is 101 cm³/mol. The lowest BCUT2D eigenvalue weighted by molar-refractivity contribution is -0.132. The van der Waals surface area contributed by atoms with Gasteiger partial charge in [-0.2, -0.15) is 0 Å². The van der Waals surface area contributed by atoms with Gasteiger partial charge in [0.15, 0.2) is 0 Å². The number of benzene rings is 2. The Labute approximate surface area is 154 Å². The first-order valence-electron chi connectivity index (χ1n) is 9.00. The number of hydrogen-bond acceptors (Lipinski definition) is 4. The largest absolute Gasteiger partial charge is 0.496 e. The number of nitrogens with one attached hydrogen (secondary N) is 1. The normalized spacial score (nSPS) is 17.5. The number of aliphatic hydroxyl groups is 1. The van der Waals surface area contributed by atoms with Crippen LogP contribution < -0.4 is 10.1 Å². The summed E-state index contributed by atoms with van der Waals surface area (Å²) in [5.41, 5.74) is 3.36. The molecule has 0 saturated carbocycles. The van der Waals surface area contributed by atoms with Crippen LogP contribution in [0.25, 0.3) is 0 Å². The third kappa shape index (κ3) is 3.89. The topological polar surface area (TPSA) is 61.8 Å². The molecular weight excluding hydrogens is 328 g/mol. The maximum atomic E-state index is 12.9. The Morgan fingerprint density at radius 3 is 2.73 bits per heavy atom. The van der Waals surface area contributed by atoms with Gasteiger partial charge in [-0.3, -0.25) is 4.79 Å². The van der Waals surface area contributed by atoms with E-state index >= 15 is 0 Å². The zero-order valence-electron chi connectivity index (χ0n) is 15.3. The minimum absolute atomic E-state index is 0.0241. The van der Waals surface area contributed by atoms with Gasteiger partial charge in [0.25, 0.3) is 0 Å². The monoisotopic (exact) mass is 354 g/mol. The van der Waals surface area contributed by atoms with Gasteiger partial charge < -0.3 is 20.1 Å². The number of carbonyl (C=O) groups excluding carboxylic acids is 1. The molecule has 1 amide bonds. The Kier molecular flexibility index (Phi) is 5.91. The molecule has 1 unspecified atom stereocenters. The number of hydrogen-bond donors (Lipinski definition) is 2. The average molecular weight is 354 g/mol. The molecule has 2 atom stereocenters. The summed E-state index contributed by atoms with van der Waals surface area (Å²) in [6, 6.07) is 16.0. The zero-order valence-corrected chi connectivity index (χ0v) is 15.3. The van der Waals surface area contributed by atoms with E-state index in [1.807, 2.05) is 35.2 Å². The van der Waals surface area contributed by atoms with Crippen molar-refractivity contribution in [3.05, 3.63) is 65.2 Å². The van der Waals surface area contributed by atoms with Gasteiger partial charge >= 0.3 is 0 Å². The van der Waals surface area contributed by atoms with Gasteiger partial charge in [-0.05, 0) is 30.5 Å². The van der Waals surface area contributed by atoms with E-state index in [0.29, 0.717) is 13.1 Å². The number of ether oxygens (including phenoxy) is 1. The minimum atomic E-state index is -0.477. The van der Waals surface area contributed by atoms with Crippen molar-refractivity contribution in [2.45, 2.75) is 25.5 Å². The van der Waals surface area contributed by atoms with Crippen LogP contribution >= 0.6 is 0 Å². The molecule has 0 aliphatic carbocycles. The van der Waals surface area contributed by atoms with Gasteiger partial charge in [-0.25, -0.2) is 0 Å². The molecule has 0 radical (unpaired) electrons. The van der Waals surface area contributed by atoms with E-state index in [9.17, 15) is 9.90 Å². The molecule has 0 saturated heterocycles. The molecule has 2 aromatic rings. The molecule has 1 heterocycles. The molecule has 1 aliphatic heterocycles. The van der Waals surface area contributed by atoms with Crippen LogP contribution in [-0.2, 0) is 11.2 Å². The number of methoxy groups -OCH3 is 1. The minimum Gasteiger partial charge on any atom is -0.496 e. The zero-order chi connectivity index (χ0) is 18.5. The van der Waals surface area contributed by atoms with Crippen molar-refractivity contribution in [2.75, 3.05) is 26.7 Å². The highest BCUT2D eigenvalue weighted by atomic mass is 16.5. The molecule has 0 spiro atoms. The van der Waals surface area contributed by atoms with E-state index in [1.54, 1.807) is 14.0 Å². The van der Waals surface area contributed by atoms with Gasteiger partial charge in [0.2, 0.25) is 5.91 Å². The van der Waals surface area contributed by atoms with Crippen molar-refractivity contribution < 1.29 is 14.6 Å². The summed E-state index contributed by atoms with van der Waals surface area (Å²) < 4.78 is 5.62. The molecule has 0 aromatic heterocycles. The fourth-order valence-corrected chi connectivity index (χ4v) is 3.56. The molecule has 138 valence electrons. The summed E-state index contributed by atoms with van der Waals surface area (Å²) in [4.78, 5) is 14.8. The second kappa shape index (κ2) is 8.34. The number of carbonyl (C=O) groups is 1. The van der Waals surface area contributed by atoms with Crippen LogP contribution in [0.4, 0.5) is 0 Å². The molecule has 0 bridgehead atoms. The van der Waals surface area contributed by atoms with E-state index in [1.165, 1.54) is 5.56 Å².